The number of hydrogen-bond acceptors (Lipinski definition) is 4. The van der Waals surface area contributed by atoms with Gasteiger partial charge in [0.2, 0.25) is 5.88 Å². The van der Waals surface area contributed by atoms with Crippen molar-refractivity contribution in [3.63, 3.8) is 0 Å². The van der Waals surface area contributed by atoms with Gasteiger partial charge in [0.05, 0.1) is 11.1 Å². The number of hydrogen-bond donors (Lipinski definition) is 1. The number of anilines is 1. The highest BCUT2D eigenvalue weighted by atomic mass is 16.5. The predicted octanol–water partition coefficient (Wildman–Crippen LogP) is 4.97. The van der Waals surface area contributed by atoms with Crippen LogP contribution in [-0.2, 0) is 11.8 Å². The lowest BCUT2D eigenvalue weighted by molar-refractivity contribution is -0.122. The molecule has 2 heterocycles. The van der Waals surface area contributed by atoms with Crippen LogP contribution in [-0.4, -0.2) is 26.8 Å². The van der Waals surface area contributed by atoms with E-state index in [0.29, 0.717) is 5.88 Å². The van der Waals surface area contributed by atoms with E-state index in [1.165, 1.54) is 0 Å². The largest absolute Gasteiger partial charge is 0.464 e. The van der Waals surface area contributed by atoms with Crippen molar-refractivity contribution >= 4 is 22.6 Å². The summed E-state index contributed by atoms with van der Waals surface area (Å²) < 4.78 is 7.72. The fourth-order valence-corrected chi connectivity index (χ4v) is 3.85. The number of amides is 1. The van der Waals surface area contributed by atoms with Crippen LogP contribution in [0, 0.1) is 20.8 Å². The number of ether oxygens (including phenoxy) is 1. The van der Waals surface area contributed by atoms with E-state index in [4.69, 9.17) is 4.74 Å². The second kappa shape index (κ2) is 8.22. The summed E-state index contributed by atoms with van der Waals surface area (Å²) in [6, 6.07) is 17.9. The van der Waals surface area contributed by atoms with Crippen molar-refractivity contribution in [3.05, 3.63) is 71.4 Å². The van der Waals surface area contributed by atoms with Crippen LogP contribution in [0.15, 0.2) is 54.6 Å². The van der Waals surface area contributed by atoms with E-state index < -0.39 is 6.10 Å². The molecule has 0 spiro atoms. The Kier molecular flexibility index (Phi) is 5.46. The summed E-state index contributed by atoms with van der Waals surface area (Å²) in [5.41, 5.74) is 6.59. The summed E-state index contributed by atoms with van der Waals surface area (Å²) in [7, 11) is 1.86. The molecular weight excluding hydrogens is 388 g/mol. The average molecular weight is 415 g/mol. The fourth-order valence-electron chi connectivity index (χ4n) is 3.85. The second-order valence-electron chi connectivity index (χ2n) is 7.91. The molecule has 1 atom stereocenters. The number of benzene rings is 2. The minimum absolute atomic E-state index is 0.227. The number of nitrogens with zero attached hydrogens (tertiary/aromatic N) is 3. The number of carbonyl (C=O) groups excluding carboxylic acids is 1. The maximum Gasteiger partial charge on any atom is 0.265 e. The van der Waals surface area contributed by atoms with Crippen molar-refractivity contribution in [2.45, 2.75) is 33.8 Å². The monoisotopic (exact) mass is 414 g/mol. The zero-order valence-corrected chi connectivity index (χ0v) is 18.4. The summed E-state index contributed by atoms with van der Waals surface area (Å²) in [4.78, 5) is 17.4. The van der Waals surface area contributed by atoms with E-state index in [-0.39, 0.29) is 5.91 Å². The van der Waals surface area contributed by atoms with Crippen molar-refractivity contribution in [3.8, 4) is 17.0 Å². The average Bonchev–Trinajstić information content (AvgIpc) is 3.01. The molecule has 6 nitrogen and oxygen atoms in total. The first-order valence-electron chi connectivity index (χ1n) is 10.3. The Bertz CT molecular complexity index is 1240. The van der Waals surface area contributed by atoms with Crippen LogP contribution in [0.4, 0.5) is 5.69 Å². The normalized spacial score (nSPS) is 12.0. The molecule has 0 saturated heterocycles. The lowest BCUT2D eigenvalue weighted by atomic mass is 10.0. The topological polar surface area (TPSA) is 69.0 Å². The maximum atomic E-state index is 12.7. The number of fused-ring (bicyclic) bond motifs is 1. The van der Waals surface area contributed by atoms with Gasteiger partial charge in [-0.25, -0.2) is 0 Å². The van der Waals surface area contributed by atoms with Crippen LogP contribution in [0.2, 0.25) is 0 Å². The third-order valence-corrected chi connectivity index (χ3v) is 5.19. The summed E-state index contributed by atoms with van der Waals surface area (Å²) in [6.07, 6.45) is -0.719. The molecule has 0 bridgehead atoms. The second-order valence-corrected chi connectivity index (χ2v) is 7.91. The summed E-state index contributed by atoms with van der Waals surface area (Å²) in [6.45, 7) is 7.70. The Morgan fingerprint density at radius 3 is 2.39 bits per heavy atom. The Hall–Kier alpha value is -3.67. The van der Waals surface area contributed by atoms with E-state index in [1.54, 1.807) is 11.6 Å². The molecule has 2 aromatic heterocycles. The molecule has 0 radical (unpaired) electrons. The van der Waals surface area contributed by atoms with Gasteiger partial charge in [0.25, 0.3) is 5.91 Å². The lowest BCUT2D eigenvalue weighted by Gasteiger charge is -2.16. The van der Waals surface area contributed by atoms with Gasteiger partial charge in [-0.2, -0.15) is 10.1 Å². The van der Waals surface area contributed by atoms with Crippen LogP contribution in [0.25, 0.3) is 22.2 Å². The molecule has 0 aliphatic rings. The zero-order valence-electron chi connectivity index (χ0n) is 18.4. The molecule has 158 valence electrons. The number of aromatic nitrogens is 3. The summed E-state index contributed by atoms with van der Waals surface area (Å²) in [5, 5.41) is 8.44. The highest BCUT2D eigenvalue weighted by Gasteiger charge is 2.20. The van der Waals surface area contributed by atoms with Gasteiger partial charge < -0.3 is 10.1 Å². The Morgan fingerprint density at radius 1 is 1.03 bits per heavy atom. The van der Waals surface area contributed by atoms with Gasteiger partial charge in [-0.05, 0) is 62.1 Å². The van der Waals surface area contributed by atoms with Crippen molar-refractivity contribution < 1.29 is 9.53 Å². The van der Waals surface area contributed by atoms with Crippen molar-refractivity contribution in [1.82, 2.24) is 14.8 Å². The fraction of sp³-hybridized carbons (Fsp3) is 0.240. The van der Waals surface area contributed by atoms with Crippen molar-refractivity contribution in [2.24, 2.45) is 7.05 Å². The smallest absolute Gasteiger partial charge is 0.265 e. The number of pyridine rings is 1. The van der Waals surface area contributed by atoms with Crippen LogP contribution in [0.1, 0.15) is 23.7 Å². The molecule has 0 aliphatic heterocycles. The number of carbonyl (C=O) groups is 1. The third kappa shape index (κ3) is 4.28. The third-order valence-electron chi connectivity index (χ3n) is 5.19. The molecule has 2 aromatic carbocycles. The van der Waals surface area contributed by atoms with Gasteiger partial charge in [0.15, 0.2) is 11.8 Å². The predicted molar refractivity (Wildman–Crippen MR) is 123 cm³/mol. The molecule has 0 fully saturated rings. The van der Waals surface area contributed by atoms with Crippen LogP contribution in [0.5, 0.6) is 5.88 Å². The lowest BCUT2D eigenvalue weighted by Crippen LogP contribution is -2.30. The summed E-state index contributed by atoms with van der Waals surface area (Å²) in [5.74, 6) is 0.159. The van der Waals surface area contributed by atoms with Gasteiger partial charge >= 0.3 is 0 Å². The molecule has 1 amide bonds. The summed E-state index contributed by atoms with van der Waals surface area (Å²) >= 11 is 0. The Morgan fingerprint density at radius 2 is 1.71 bits per heavy atom. The molecular formula is C25H26N4O2. The molecule has 31 heavy (non-hydrogen) atoms. The SMILES string of the molecule is Cc1cc(C)cc(NC(=O)[C@@H](C)Oc2cc(-c3ccccc3)c3c(C)nn(C)c3n2)c1. The standard InChI is InChI=1S/C25H26N4O2/c1-15-11-16(2)13-20(12-15)26-25(30)18(4)31-22-14-21(19-9-7-6-8-10-19)23-17(3)28-29(5)24(23)27-22/h6-14,18H,1-5H3,(H,26,30)/t18-/m1/s1. The van der Waals surface area contributed by atoms with Gasteiger partial charge in [0.1, 0.15) is 0 Å². The zero-order chi connectivity index (χ0) is 22.1. The Labute approximate surface area is 181 Å². The van der Waals surface area contributed by atoms with Gasteiger partial charge in [-0.15, -0.1) is 0 Å². The number of rotatable bonds is 5. The quantitative estimate of drug-likeness (QED) is 0.501. The molecule has 0 aliphatic carbocycles. The molecule has 6 heteroatoms. The minimum atomic E-state index is -0.719. The molecule has 0 saturated carbocycles. The van der Waals surface area contributed by atoms with Gasteiger partial charge in [-0.3, -0.25) is 9.48 Å². The molecule has 1 N–H and O–H groups in total. The minimum Gasteiger partial charge on any atom is -0.464 e. The van der Waals surface area contributed by atoms with Gasteiger partial charge in [0, 0.05) is 18.8 Å². The highest BCUT2D eigenvalue weighted by Crippen LogP contribution is 2.33. The first kappa shape index (κ1) is 20.6. The van der Waals surface area contributed by atoms with Crippen molar-refractivity contribution in [2.75, 3.05) is 5.32 Å². The van der Waals surface area contributed by atoms with Crippen LogP contribution < -0.4 is 10.1 Å². The van der Waals surface area contributed by atoms with Crippen LogP contribution >= 0.6 is 0 Å². The highest BCUT2D eigenvalue weighted by molar-refractivity contribution is 5.96. The van der Waals surface area contributed by atoms with E-state index in [0.717, 1.165) is 44.7 Å². The molecule has 0 unspecified atom stereocenters. The molecule has 4 aromatic rings. The number of nitrogens with one attached hydrogen (secondary N) is 1. The van der Waals surface area contributed by atoms with E-state index in [9.17, 15) is 4.79 Å². The molecule has 4 rings (SSSR count). The van der Waals surface area contributed by atoms with E-state index >= 15 is 0 Å². The van der Waals surface area contributed by atoms with Gasteiger partial charge in [-0.1, -0.05) is 36.4 Å². The maximum absolute atomic E-state index is 12.7. The van der Waals surface area contributed by atoms with E-state index in [2.05, 4.69) is 21.5 Å². The first-order chi connectivity index (χ1) is 14.8. The van der Waals surface area contributed by atoms with Crippen LogP contribution in [0.3, 0.4) is 0 Å². The number of aryl methyl sites for hydroxylation is 4. The Balaban J connectivity index is 1.65. The van der Waals surface area contributed by atoms with E-state index in [1.807, 2.05) is 76.3 Å². The first-order valence-corrected chi connectivity index (χ1v) is 10.3. The van der Waals surface area contributed by atoms with Crippen molar-refractivity contribution in [1.29, 1.82) is 0 Å².